The van der Waals surface area contributed by atoms with E-state index in [0.717, 1.165) is 25.0 Å². The fourth-order valence-corrected chi connectivity index (χ4v) is 5.91. The molecule has 3 aliphatic rings. The van der Waals surface area contributed by atoms with E-state index < -0.39 is 0 Å². The van der Waals surface area contributed by atoms with E-state index in [-0.39, 0.29) is 0 Å². The van der Waals surface area contributed by atoms with Gasteiger partial charge in [0.1, 0.15) is 11.6 Å². The zero-order chi connectivity index (χ0) is 21.0. The third kappa shape index (κ3) is 3.21. The largest absolute Gasteiger partial charge is 0.497 e. The smallest absolute Gasteiger partial charge is 0.119 e. The molecule has 0 amide bonds. The van der Waals surface area contributed by atoms with Gasteiger partial charge in [-0.25, -0.2) is 4.98 Å². The Labute approximate surface area is 184 Å². The van der Waals surface area contributed by atoms with Gasteiger partial charge >= 0.3 is 0 Å². The van der Waals surface area contributed by atoms with E-state index in [4.69, 9.17) is 9.72 Å². The summed E-state index contributed by atoms with van der Waals surface area (Å²) >= 11 is 0. The lowest BCUT2D eigenvalue weighted by Gasteiger charge is -2.55. The van der Waals surface area contributed by atoms with E-state index in [2.05, 4.69) is 52.5 Å². The Kier molecular flexibility index (Phi) is 4.49. The first-order chi connectivity index (χ1) is 15.1. The molecule has 1 aromatic heterocycles. The minimum Gasteiger partial charge on any atom is -0.497 e. The van der Waals surface area contributed by atoms with Crippen molar-refractivity contribution in [2.45, 2.75) is 57.5 Å². The Morgan fingerprint density at radius 3 is 2.81 bits per heavy atom. The summed E-state index contributed by atoms with van der Waals surface area (Å²) in [6.45, 7) is 4.64. The first kappa shape index (κ1) is 19.2. The summed E-state index contributed by atoms with van der Waals surface area (Å²) in [5.41, 5.74) is 7.12. The number of ether oxygens (including phenoxy) is 1. The molecule has 6 rings (SSSR count). The van der Waals surface area contributed by atoms with Crippen LogP contribution in [0.15, 0.2) is 36.4 Å². The molecule has 5 nitrogen and oxygen atoms in total. The predicted octanol–water partition coefficient (Wildman–Crippen LogP) is 4.50. The van der Waals surface area contributed by atoms with Crippen molar-refractivity contribution in [1.82, 2.24) is 14.9 Å². The normalized spacial score (nSPS) is 21.9. The van der Waals surface area contributed by atoms with Crippen molar-refractivity contribution in [2.75, 3.05) is 25.5 Å². The van der Waals surface area contributed by atoms with Gasteiger partial charge in [0.25, 0.3) is 0 Å². The lowest BCUT2D eigenvalue weighted by molar-refractivity contribution is 0.00810. The first-order valence-electron chi connectivity index (χ1n) is 11.8. The Morgan fingerprint density at radius 1 is 1.16 bits per heavy atom. The van der Waals surface area contributed by atoms with Gasteiger partial charge in [0.15, 0.2) is 0 Å². The predicted molar refractivity (Wildman–Crippen MR) is 125 cm³/mol. The Bertz CT molecular complexity index is 1120. The molecule has 0 bridgehead atoms. The summed E-state index contributed by atoms with van der Waals surface area (Å²) in [5.74, 6) is 2.18. The van der Waals surface area contributed by atoms with Crippen LogP contribution in [-0.2, 0) is 19.3 Å². The highest BCUT2D eigenvalue weighted by Gasteiger charge is 2.49. The Balaban J connectivity index is 1.36. The number of fused-ring (bicyclic) bond motifs is 3. The van der Waals surface area contributed by atoms with E-state index in [0.29, 0.717) is 17.5 Å². The molecule has 2 aliphatic heterocycles. The number of benzene rings is 2. The van der Waals surface area contributed by atoms with Crippen LogP contribution in [0.1, 0.15) is 49.2 Å². The number of methoxy groups -OCH3 is 1. The second-order valence-electron chi connectivity index (χ2n) is 9.96. The van der Waals surface area contributed by atoms with Crippen LogP contribution in [0.2, 0.25) is 0 Å². The molecule has 0 unspecified atom stereocenters. The highest BCUT2D eigenvalue weighted by atomic mass is 16.5. The minimum atomic E-state index is 0.539. The fourth-order valence-electron chi connectivity index (χ4n) is 5.91. The standard InChI is InChI=1S/C26H32N4O/c1-17-6-8-21-22(28-17)9-10-23-25(21)29-24(11-7-18-4-3-5-20(12-18)31-2)30(23)19-13-26(14-19)15-27-16-26/h3-5,9-10,12,17,19,27-28H,6-8,11,13-16H2,1-2H3/t17-/m0/s1. The molecule has 2 aromatic carbocycles. The fraction of sp³-hybridized carbons (Fsp3) is 0.500. The van der Waals surface area contributed by atoms with Crippen LogP contribution in [0.25, 0.3) is 11.0 Å². The van der Waals surface area contributed by atoms with Crippen molar-refractivity contribution < 1.29 is 4.74 Å². The molecule has 1 saturated carbocycles. The Morgan fingerprint density at radius 2 is 2.03 bits per heavy atom. The number of hydrogen-bond acceptors (Lipinski definition) is 4. The molecule has 3 aromatic rings. The van der Waals surface area contributed by atoms with E-state index in [9.17, 15) is 0 Å². The number of aromatic nitrogens is 2. The van der Waals surface area contributed by atoms with Crippen LogP contribution in [0.5, 0.6) is 5.75 Å². The van der Waals surface area contributed by atoms with Crippen LogP contribution in [0.4, 0.5) is 5.69 Å². The van der Waals surface area contributed by atoms with Crippen LogP contribution in [-0.4, -0.2) is 35.8 Å². The molecule has 0 radical (unpaired) electrons. The van der Waals surface area contributed by atoms with Gasteiger partial charge in [-0.3, -0.25) is 0 Å². The summed E-state index contributed by atoms with van der Waals surface area (Å²) < 4.78 is 8.02. The van der Waals surface area contributed by atoms with Gasteiger partial charge in [0.05, 0.1) is 18.1 Å². The number of nitrogens with zero attached hydrogens (tertiary/aromatic N) is 2. The zero-order valence-electron chi connectivity index (χ0n) is 18.6. The van der Waals surface area contributed by atoms with Crippen LogP contribution < -0.4 is 15.4 Å². The molecule has 5 heteroatoms. The summed E-state index contributed by atoms with van der Waals surface area (Å²) in [6.07, 6.45) is 6.80. The van der Waals surface area contributed by atoms with Gasteiger partial charge in [0, 0.05) is 42.8 Å². The molecular weight excluding hydrogens is 384 g/mol. The minimum absolute atomic E-state index is 0.539. The molecule has 1 spiro atoms. The van der Waals surface area contributed by atoms with E-state index in [1.807, 2.05) is 6.07 Å². The monoisotopic (exact) mass is 416 g/mol. The summed E-state index contributed by atoms with van der Waals surface area (Å²) in [6, 6.07) is 14.2. The van der Waals surface area contributed by atoms with Crippen LogP contribution >= 0.6 is 0 Å². The average Bonchev–Trinajstić information content (AvgIpc) is 3.09. The second kappa shape index (κ2) is 7.27. The van der Waals surface area contributed by atoms with Gasteiger partial charge in [-0.1, -0.05) is 12.1 Å². The molecule has 1 aliphatic carbocycles. The van der Waals surface area contributed by atoms with E-state index >= 15 is 0 Å². The van der Waals surface area contributed by atoms with Gasteiger partial charge in [0.2, 0.25) is 0 Å². The number of aryl methyl sites for hydroxylation is 3. The number of rotatable bonds is 5. The highest BCUT2D eigenvalue weighted by molar-refractivity contribution is 5.86. The number of nitrogens with one attached hydrogen (secondary N) is 2. The van der Waals surface area contributed by atoms with Crippen molar-refractivity contribution >= 4 is 16.7 Å². The molecule has 2 N–H and O–H groups in total. The van der Waals surface area contributed by atoms with Crippen LogP contribution in [0, 0.1) is 5.41 Å². The Hall–Kier alpha value is -2.53. The lowest BCUT2D eigenvalue weighted by atomic mass is 9.61. The van der Waals surface area contributed by atoms with Crippen molar-refractivity contribution in [2.24, 2.45) is 5.41 Å². The van der Waals surface area contributed by atoms with Crippen LogP contribution in [0.3, 0.4) is 0 Å². The molecule has 1 saturated heterocycles. The van der Waals surface area contributed by atoms with E-state index in [1.54, 1.807) is 7.11 Å². The van der Waals surface area contributed by atoms with Gasteiger partial charge < -0.3 is 19.9 Å². The molecule has 31 heavy (non-hydrogen) atoms. The number of imidazole rings is 1. The first-order valence-corrected chi connectivity index (χ1v) is 11.8. The average molecular weight is 417 g/mol. The summed E-state index contributed by atoms with van der Waals surface area (Å²) in [7, 11) is 1.73. The maximum Gasteiger partial charge on any atom is 0.119 e. The molecular formula is C26H32N4O. The summed E-state index contributed by atoms with van der Waals surface area (Å²) in [4.78, 5) is 5.28. The summed E-state index contributed by atoms with van der Waals surface area (Å²) in [5, 5.41) is 7.15. The molecule has 3 heterocycles. The van der Waals surface area contributed by atoms with Crippen molar-refractivity contribution in [1.29, 1.82) is 0 Å². The number of anilines is 1. The molecule has 1 atom stereocenters. The van der Waals surface area contributed by atoms with Crippen molar-refractivity contribution in [3.63, 3.8) is 0 Å². The highest BCUT2D eigenvalue weighted by Crippen LogP contribution is 2.52. The second-order valence-corrected chi connectivity index (χ2v) is 9.96. The van der Waals surface area contributed by atoms with Crippen molar-refractivity contribution in [3.05, 3.63) is 53.3 Å². The SMILES string of the molecule is COc1cccc(CCc2nc3c4c(ccc3n2C2CC3(CNC3)C2)N[C@@H](C)CC4)c1. The maximum atomic E-state index is 5.42. The van der Waals surface area contributed by atoms with Gasteiger partial charge in [-0.15, -0.1) is 0 Å². The van der Waals surface area contributed by atoms with Gasteiger partial charge in [-0.05, 0) is 74.3 Å². The zero-order valence-corrected chi connectivity index (χ0v) is 18.6. The molecule has 162 valence electrons. The number of hydrogen-bond donors (Lipinski definition) is 2. The maximum absolute atomic E-state index is 5.42. The van der Waals surface area contributed by atoms with E-state index in [1.165, 1.54) is 66.0 Å². The van der Waals surface area contributed by atoms with Crippen molar-refractivity contribution in [3.8, 4) is 5.75 Å². The lowest BCUT2D eigenvalue weighted by Crippen LogP contribution is -2.60. The van der Waals surface area contributed by atoms with Gasteiger partial charge in [-0.2, -0.15) is 0 Å². The third-order valence-electron chi connectivity index (χ3n) is 7.74. The third-order valence-corrected chi connectivity index (χ3v) is 7.74. The quantitative estimate of drug-likeness (QED) is 0.643. The molecule has 2 fully saturated rings. The topological polar surface area (TPSA) is 51.1 Å².